The van der Waals surface area contributed by atoms with Crippen molar-refractivity contribution in [2.75, 3.05) is 5.32 Å². The Morgan fingerprint density at radius 2 is 2.19 bits per heavy atom. The molecule has 1 saturated carbocycles. The molecule has 0 aliphatic heterocycles. The van der Waals surface area contributed by atoms with Gasteiger partial charge in [0.1, 0.15) is 17.6 Å². The first-order valence-electron chi connectivity index (χ1n) is 5.61. The first kappa shape index (κ1) is 10.9. The summed E-state index contributed by atoms with van der Waals surface area (Å²) in [6, 6.07) is 7.35. The van der Waals surface area contributed by atoms with Crippen molar-refractivity contribution in [2.24, 2.45) is 0 Å². The Hall–Kier alpha value is -1.60. The maximum absolute atomic E-state index is 9.80. The number of rotatable bonds is 2. The van der Waals surface area contributed by atoms with E-state index in [0.717, 1.165) is 25.7 Å². The normalized spacial score (nSPS) is 24.8. The van der Waals surface area contributed by atoms with Crippen LogP contribution in [0.2, 0.25) is 0 Å². The average Bonchev–Trinajstić information content (AvgIpc) is 2.32. The van der Waals surface area contributed by atoms with Crippen LogP contribution in [0.15, 0.2) is 18.2 Å². The van der Waals surface area contributed by atoms with E-state index in [0.29, 0.717) is 11.5 Å². The number of pyridine rings is 1. The SMILES string of the molecule is N#Cc1cccc(NC2CCCCC2O)n1. The third-order valence-corrected chi connectivity index (χ3v) is 2.93. The van der Waals surface area contributed by atoms with Crippen molar-refractivity contribution in [1.82, 2.24) is 4.98 Å². The van der Waals surface area contributed by atoms with Crippen LogP contribution in [0.4, 0.5) is 5.82 Å². The molecule has 0 saturated heterocycles. The Morgan fingerprint density at radius 3 is 2.94 bits per heavy atom. The zero-order valence-corrected chi connectivity index (χ0v) is 9.06. The van der Waals surface area contributed by atoms with Gasteiger partial charge in [0.15, 0.2) is 0 Å². The van der Waals surface area contributed by atoms with Crippen LogP contribution in [0.3, 0.4) is 0 Å². The summed E-state index contributed by atoms with van der Waals surface area (Å²) in [6.45, 7) is 0. The zero-order valence-electron chi connectivity index (χ0n) is 9.06. The Kier molecular flexibility index (Phi) is 3.37. The molecule has 2 unspecified atom stereocenters. The van der Waals surface area contributed by atoms with Crippen LogP contribution in [0.25, 0.3) is 0 Å². The highest BCUT2D eigenvalue weighted by Crippen LogP contribution is 2.21. The van der Waals surface area contributed by atoms with Gasteiger partial charge in [0, 0.05) is 0 Å². The molecule has 1 aromatic heterocycles. The summed E-state index contributed by atoms with van der Waals surface area (Å²) in [7, 11) is 0. The summed E-state index contributed by atoms with van der Waals surface area (Å²) in [5.74, 6) is 0.671. The molecule has 2 rings (SSSR count). The molecule has 2 N–H and O–H groups in total. The van der Waals surface area contributed by atoms with Gasteiger partial charge in [-0.15, -0.1) is 0 Å². The number of hydrogen-bond donors (Lipinski definition) is 2. The fourth-order valence-corrected chi connectivity index (χ4v) is 2.05. The summed E-state index contributed by atoms with van der Waals surface area (Å²) in [4.78, 5) is 4.14. The van der Waals surface area contributed by atoms with E-state index >= 15 is 0 Å². The quantitative estimate of drug-likeness (QED) is 0.790. The van der Waals surface area contributed by atoms with Gasteiger partial charge in [-0.1, -0.05) is 18.9 Å². The molecule has 0 spiro atoms. The first-order valence-corrected chi connectivity index (χ1v) is 5.61. The first-order chi connectivity index (χ1) is 7.79. The molecule has 84 valence electrons. The third kappa shape index (κ3) is 2.50. The number of nitrogens with zero attached hydrogens (tertiary/aromatic N) is 2. The van der Waals surface area contributed by atoms with Crippen LogP contribution in [0.1, 0.15) is 31.4 Å². The van der Waals surface area contributed by atoms with E-state index in [1.165, 1.54) is 0 Å². The smallest absolute Gasteiger partial charge is 0.142 e. The molecule has 1 aliphatic carbocycles. The van der Waals surface area contributed by atoms with E-state index < -0.39 is 0 Å². The van der Waals surface area contributed by atoms with Gasteiger partial charge in [-0.3, -0.25) is 0 Å². The number of hydrogen-bond acceptors (Lipinski definition) is 4. The third-order valence-electron chi connectivity index (χ3n) is 2.93. The van der Waals surface area contributed by atoms with Gasteiger partial charge in [0.2, 0.25) is 0 Å². The van der Waals surface area contributed by atoms with Crippen LogP contribution in [0, 0.1) is 11.3 Å². The molecule has 0 radical (unpaired) electrons. The lowest BCUT2D eigenvalue weighted by Gasteiger charge is -2.28. The van der Waals surface area contributed by atoms with Gasteiger partial charge in [-0.05, 0) is 25.0 Å². The highest BCUT2D eigenvalue weighted by Gasteiger charge is 2.22. The summed E-state index contributed by atoms with van der Waals surface area (Å²) in [6.07, 6.45) is 3.72. The van der Waals surface area contributed by atoms with Crippen LogP contribution in [-0.4, -0.2) is 22.2 Å². The fourth-order valence-electron chi connectivity index (χ4n) is 2.05. The highest BCUT2D eigenvalue weighted by atomic mass is 16.3. The number of nitrogens with one attached hydrogen (secondary N) is 1. The Labute approximate surface area is 94.9 Å². The predicted molar refractivity (Wildman–Crippen MR) is 60.8 cm³/mol. The van der Waals surface area contributed by atoms with Gasteiger partial charge in [-0.25, -0.2) is 4.98 Å². The minimum Gasteiger partial charge on any atom is -0.391 e. The van der Waals surface area contributed by atoms with Gasteiger partial charge in [-0.2, -0.15) is 5.26 Å². The van der Waals surface area contributed by atoms with E-state index in [1.54, 1.807) is 12.1 Å². The van der Waals surface area contributed by atoms with Crippen molar-refractivity contribution in [3.05, 3.63) is 23.9 Å². The lowest BCUT2D eigenvalue weighted by atomic mass is 9.92. The zero-order chi connectivity index (χ0) is 11.4. The van der Waals surface area contributed by atoms with E-state index in [1.807, 2.05) is 12.1 Å². The molecule has 1 aromatic rings. The monoisotopic (exact) mass is 217 g/mol. The molecule has 2 atom stereocenters. The minimum atomic E-state index is -0.304. The van der Waals surface area contributed by atoms with Crippen molar-refractivity contribution in [2.45, 2.75) is 37.8 Å². The standard InChI is InChI=1S/C12H15N3O/c13-8-9-4-3-7-12(14-9)15-10-5-1-2-6-11(10)16/h3-4,7,10-11,16H,1-2,5-6H2,(H,14,15). The highest BCUT2D eigenvalue weighted by molar-refractivity contribution is 5.39. The second kappa shape index (κ2) is 4.95. The molecule has 0 aromatic carbocycles. The van der Waals surface area contributed by atoms with Gasteiger partial charge in [0.25, 0.3) is 0 Å². The number of aliphatic hydroxyl groups excluding tert-OH is 1. The summed E-state index contributed by atoms with van der Waals surface area (Å²) < 4.78 is 0. The molecule has 1 aliphatic rings. The maximum atomic E-state index is 9.80. The molecular formula is C12H15N3O. The second-order valence-electron chi connectivity index (χ2n) is 4.12. The molecule has 1 fully saturated rings. The van der Waals surface area contributed by atoms with Crippen molar-refractivity contribution in [3.63, 3.8) is 0 Å². The molecule has 4 nitrogen and oxygen atoms in total. The van der Waals surface area contributed by atoms with Crippen LogP contribution < -0.4 is 5.32 Å². The van der Waals surface area contributed by atoms with E-state index in [4.69, 9.17) is 5.26 Å². The van der Waals surface area contributed by atoms with Crippen molar-refractivity contribution >= 4 is 5.82 Å². The second-order valence-corrected chi connectivity index (χ2v) is 4.12. The van der Waals surface area contributed by atoms with Crippen molar-refractivity contribution in [3.8, 4) is 6.07 Å². The predicted octanol–water partition coefficient (Wildman–Crippen LogP) is 1.67. The van der Waals surface area contributed by atoms with E-state index in [-0.39, 0.29) is 12.1 Å². The lowest BCUT2D eigenvalue weighted by Crippen LogP contribution is -2.36. The summed E-state index contributed by atoms with van der Waals surface area (Å²) in [5, 5.41) is 21.7. The molecular weight excluding hydrogens is 202 g/mol. The number of nitriles is 1. The largest absolute Gasteiger partial charge is 0.391 e. The molecule has 16 heavy (non-hydrogen) atoms. The van der Waals surface area contributed by atoms with Gasteiger partial charge < -0.3 is 10.4 Å². The Balaban J connectivity index is 2.05. The number of aromatic nitrogens is 1. The van der Waals surface area contributed by atoms with Crippen LogP contribution >= 0.6 is 0 Å². The summed E-state index contributed by atoms with van der Waals surface area (Å²) in [5.41, 5.74) is 0.398. The molecule has 1 heterocycles. The van der Waals surface area contributed by atoms with Crippen molar-refractivity contribution in [1.29, 1.82) is 5.26 Å². The maximum Gasteiger partial charge on any atom is 0.142 e. The van der Waals surface area contributed by atoms with Gasteiger partial charge >= 0.3 is 0 Å². The van der Waals surface area contributed by atoms with E-state index in [2.05, 4.69) is 10.3 Å². The molecule has 0 amide bonds. The lowest BCUT2D eigenvalue weighted by molar-refractivity contribution is 0.116. The number of aliphatic hydroxyl groups is 1. The average molecular weight is 217 g/mol. The number of anilines is 1. The molecule has 4 heteroatoms. The Morgan fingerprint density at radius 1 is 1.38 bits per heavy atom. The summed E-state index contributed by atoms with van der Waals surface area (Å²) >= 11 is 0. The molecule has 0 bridgehead atoms. The van der Waals surface area contributed by atoms with E-state index in [9.17, 15) is 5.11 Å². The Bertz CT molecular complexity index is 399. The minimum absolute atomic E-state index is 0.0650. The van der Waals surface area contributed by atoms with Crippen LogP contribution in [0.5, 0.6) is 0 Å². The fraction of sp³-hybridized carbons (Fsp3) is 0.500. The van der Waals surface area contributed by atoms with Crippen LogP contribution in [-0.2, 0) is 0 Å². The topological polar surface area (TPSA) is 68.9 Å². The van der Waals surface area contributed by atoms with Gasteiger partial charge in [0.05, 0.1) is 12.1 Å². The van der Waals surface area contributed by atoms with Crippen molar-refractivity contribution < 1.29 is 5.11 Å².